The van der Waals surface area contributed by atoms with Gasteiger partial charge in [-0.2, -0.15) is 0 Å². The van der Waals surface area contributed by atoms with Gasteiger partial charge in [-0.25, -0.2) is 14.0 Å². The number of amides is 2. The number of likely N-dealkylation sites (N-methyl/N-ethyl adjacent to an activating group) is 1. The Morgan fingerprint density at radius 2 is 1.93 bits per heavy atom. The second-order valence-corrected chi connectivity index (χ2v) is 7.11. The van der Waals surface area contributed by atoms with E-state index in [2.05, 4.69) is 5.32 Å². The molecule has 0 saturated heterocycles. The number of carbonyl (C=O) groups excluding carboxylic acids is 2. The molecule has 0 spiro atoms. The fourth-order valence-corrected chi connectivity index (χ4v) is 3.27. The lowest BCUT2D eigenvalue weighted by molar-refractivity contribution is -0.139. The van der Waals surface area contributed by atoms with Gasteiger partial charge in [0.25, 0.3) is 0 Å². The van der Waals surface area contributed by atoms with E-state index in [1.54, 1.807) is 20.0 Å². The van der Waals surface area contributed by atoms with Crippen molar-refractivity contribution in [3.05, 3.63) is 76.2 Å². The summed E-state index contributed by atoms with van der Waals surface area (Å²) in [5, 5.41) is 2.75. The molecule has 2 amide bonds. The van der Waals surface area contributed by atoms with Crippen LogP contribution in [-0.4, -0.2) is 37.2 Å². The molecule has 1 aliphatic heterocycles. The van der Waals surface area contributed by atoms with Gasteiger partial charge in [0.2, 0.25) is 0 Å². The summed E-state index contributed by atoms with van der Waals surface area (Å²) in [5.41, 5.74) is 3.23. The van der Waals surface area contributed by atoms with Crippen LogP contribution < -0.4 is 10.1 Å². The van der Waals surface area contributed by atoms with Crippen LogP contribution in [0.15, 0.2) is 53.7 Å². The summed E-state index contributed by atoms with van der Waals surface area (Å²) in [6, 6.07) is 10.2. The summed E-state index contributed by atoms with van der Waals surface area (Å²) in [4.78, 5) is 26.7. The van der Waals surface area contributed by atoms with E-state index in [0.29, 0.717) is 17.0 Å². The van der Waals surface area contributed by atoms with E-state index < -0.39 is 23.9 Å². The highest BCUT2D eigenvalue weighted by molar-refractivity contribution is 5.95. The summed E-state index contributed by atoms with van der Waals surface area (Å²) < 4.78 is 25.0. The molecule has 0 aromatic heterocycles. The molecule has 0 unspecified atom stereocenters. The highest BCUT2D eigenvalue weighted by Gasteiger charge is 2.37. The van der Waals surface area contributed by atoms with Crippen LogP contribution in [0, 0.1) is 19.7 Å². The Hall–Kier alpha value is -3.35. The van der Waals surface area contributed by atoms with Gasteiger partial charge in [-0.1, -0.05) is 18.2 Å². The van der Waals surface area contributed by atoms with E-state index >= 15 is 0 Å². The van der Waals surface area contributed by atoms with Crippen LogP contribution in [0.3, 0.4) is 0 Å². The Bertz CT molecular complexity index is 1000. The minimum atomic E-state index is -0.846. The van der Waals surface area contributed by atoms with Gasteiger partial charge in [-0.05, 0) is 61.7 Å². The molecule has 0 radical (unpaired) electrons. The van der Waals surface area contributed by atoms with Crippen LogP contribution in [0.25, 0.3) is 0 Å². The maximum absolute atomic E-state index is 13.8. The lowest BCUT2D eigenvalue weighted by Gasteiger charge is -2.34. The minimum Gasteiger partial charge on any atom is -0.487 e. The monoisotopic (exact) mass is 412 g/mol. The van der Waals surface area contributed by atoms with Crippen LogP contribution in [0.2, 0.25) is 0 Å². The molecule has 1 atom stereocenters. The Morgan fingerprint density at radius 3 is 2.60 bits per heavy atom. The molecular formula is C23H25FN2O4. The molecule has 0 bridgehead atoms. The SMILES string of the molecule is CCOC(=O)C1=C(COc2ccc(C)c(C)c2)N(C)C(=O)N[C@H]1c1cccc(F)c1. The smallest absolute Gasteiger partial charge is 0.338 e. The molecule has 7 heteroatoms. The van der Waals surface area contributed by atoms with Crippen molar-refractivity contribution in [1.82, 2.24) is 10.2 Å². The first-order valence-electron chi connectivity index (χ1n) is 9.71. The molecule has 3 rings (SSSR count). The fourth-order valence-electron chi connectivity index (χ4n) is 3.27. The molecule has 1 N–H and O–H groups in total. The molecular weight excluding hydrogens is 387 g/mol. The first kappa shape index (κ1) is 21.4. The third-order valence-electron chi connectivity index (χ3n) is 5.11. The summed E-state index contributed by atoms with van der Waals surface area (Å²) >= 11 is 0. The standard InChI is InChI=1S/C23H25FN2O4/c1-5-29-22(27)20-19(13-30-18-10-9-14(2)15(3)11-18)26(4)23(28)25-21(20)16-7-6-8-17(24)12-16/h6-12,21H,5,13H2,1-4H3,(H,25,28)/t21-/m0/s1. The summed E-state index contributed by atoms with van der Waals surface area (Å²) in [6.45, 7) is 5.83. The highest BCUT2D eigenvalue weighted by Crippen LogP contribution is 2.31. The van der Waals surface area contributed by atoms with Gasteiger partial charge in [0, 0.05) is 7.05 Å². The quantitative estimate of drug-likeness (QED) is 0.728. The van der Waals surface area contributed by atoms with Gasteiger partial charge in [-0.3, -0.25) is 4.90 Å². The van der Waals surface area contributed by atoms with Crippen LogP contribution in [0.4, 0.5) is 9.18 Å². The van der Waals surface area contributed by atoms with Gasteiger partial charge in [0.05, 0.1) is 23.9 Å². The van der Waals surface area contributed by atoms with Crippen molar-refractivity contribution >= 4 is 12.0 Å². The van der Waals surface area contributed by atoms with Crippen LogP contribution in [0.1, 0.15) is 29.7 Å². The number of halogens is 1. The minimum absolute atomic E-state index is 0.0214. The number of ether oxygens (including phenoxy) is 2. The molecule has 0 aliphatic carbocycles. The van der Waals surface area contributed by atoms with Gasteiger partial charge in [-0.15, -0.1) is 0 Å². The average Bonchev–Trinajstić information content (AvgIpc) is 2.71. The second-order valence-electron chi connectivity index (χ2n) is 7.11. The van der Waals surface area contributed by atoms with Crippen molar-refractivity contribution in [2.75, 3.05) is 20.3 Å². The summed E-state index contributed by atoms with van der Waals surface area (Å²) in [5.74, 6) is -0.426. The molecule has 0 fully saturated rings. The van der Waals surface area contributed by atoms with E-state index in [-0.39, 0.29) is 18.8 Å². The molecule has 2 aromatic rings. The number of carbonyl (C=O) groups is 2. The van der Waals surface area contributed by atoms with E-state index in [4.69, 9.17) is 9.47 Å². The van der Waals surface area contributed by atoms with Crippen molar-refractivity contribution in [3.63, 3.8) is 0 Å². The number of hydrogen-bond donors (Lipinski definition) is 1. The third-order valence-corrected chi connectivity index (χ3v) is 5.11. The zero-order valence-electron chi connectivity index (χ0n) is 17.5. The van der Waals surface area contributed by atoms with Crippen molar-refractivity contribution < 1.29 is 23.5 Å². The van der Waals surface area contributed by atoms with Crippen LogP contribution >= 0.6 is 0 Å². The van der Waals surface area contributed by atoms with Crippen molar-refractivity contribution in [2.45, 2.75) is 26.8 Å². The van der Waals surface area contributed by atoms with E-state index in [1.807, 2.05) is 32.0 Å². The summed E-state index contributed by atoms with van der Waals surface area (Å²) in [7, 11) is 1.55. The zero-order valence-corrected chi connectivity index (χ0v) is 17.5. The van der Waals surface area contributed by atoms with E-state index in [1.165, 1.54) is 23.1 Å². The average molecular weight is 412 g/mol. The first-order chi connectivity index (χ1) is 14.3. The van der Waals surface area contributed by atoms with Gasteiger partial charge < -0.3 is 14.8 Å². The number of aryl methyl sites for hydroxylation is 2. The van der Waals surface area contributed by atoms with Gasteiger partial charge >= 0.3 is 12.0 Å². The lowest BCUT2D eigenvalue weighted by atomic mass is 9.94. The normalized spacial score (nSPS) is 16.4. The summed E-state index contributed by atoms with van der Waals surface area (Å²) in [6.07, 6.45) is 0. The largest absolute Gasteiger partial charge is 0.487 e. The topological polar surface area (TPSA) is 67.9 Å². The Morgan fingerprint density at radius 1 is 1.17 bits per heavy atom. The lowest BCUT2D eigenvalue weighted by Crippen LogP contribution is -2.48. The van der Waals surface area contributed by atoms with Crippen molar-refractivity contribution in [2.24, 2.45) is 0 Å². The predicted molar refractivity (Wildman–Crippen MR) is 111 cm³/mol. The Kier molecular flexibility index (Phi) is 6.40. The van der Waals surface area contributed by atoms with Crippen LogP contribution in [0.5, 0.6) is 5.75 Å². The maximum Gasteiger partial charge on any atom is 0.338 e. The van der Waals surface area contributed by atoms with E-state index in [9.17, 15) is 14.0 Å². The number of nitrogens with one attached hydrogen (secondary N) is 1. The Balaban J connectivity index is 2.03. The number of hydrogen-bond acceptors (Lipinski definition) is 4. The molecule has 158 valence electrons. The number of urea groups is 1. The first-order valence-corrected chi connectivity index (χ1v) is 9.71. The Labute approximate surface area is 175 Å². The number of nitrogens with zero attached hydrogens (tertiary/aromatic N) is 1. The predicted octanol–water partition coefficient (Wildman–Crippen LogP) is 4.03. The third kappa shape index (κ3) is 4.45. The molecule has 0 saturated carbocycles. The molecule has 1 heterocycles. The number of rotatable bonds is 6. The fraction of sp³-hybridized carbons (Fsp3) is 0.304. The second kappa shape index (κ2) is 8.98. The number of benzene rings is 2. The molecule has 2 aromatic carbocycles. The molecule has 6 nitrogen and oxygen atoms in total. The van der Waals surface area contributed by atoms with Crippen LogP contribution in [-0.2, 0) is 9.53 Å². The maximum atomic E-state index is 13.8. The highest BCUT2D eigenvalue weighted by atomic mass is 19.1. The van der Waals surface area contributed by atoms with Gasteiger partial charge in [0.15, 0.2) is 0 Å². The zero-order chi connectivity index (χ0) is 21.8. The molecule has 1 aliphatic rings. The van der Waals surface area contributed by atoms with Crippen molar-refractivity contribution in [1.29, 1.82) is 0 Å². The van der Waals surface area contributed by atoms with E-state index in [0.717, 1.165) is 11.1 Å². The number of esters is 1. The van der Waals surface area contributed by atoms with Gasteiger partial charge in [0.1, 0.15) is 18.2 Å². The molecule has 30 heavy (non-hydrogen) atoms. The van der Waals surface area contributed by atoms with Crippen molar-refractivity contribution in [3.8, 4) is 5.75 Å².